The van der Waals surface area contributed by atoms with Crippen molar-refractivity contribution in [3.05, 3.63) is 35.0 Å². The number of halogens is 1. The molecular weight excluding hydrogens is 301 g/mol. The summed E-state index contributed by atoms with van der Waals surface area (Å²) in [5.41, 5.74) is 6.67. The molecule has 3 N–H and O–H groups in total. The van der Waals surface area contributed by atoms with E-state index in [4.69, 9.17) is 5.73 Å². The summed E-state index contributed by atoms with van der Waals surface area (Å²) < 4.78 is 13.0. The Labute approximate surface area is 133 Å². The predicted molar refractivity (Wildman–Crippen MR) is 88.4 cm³/mol. The molecule has 0 aliphatic carbocycles. The van der Waals surface area contributed by atoms with Crippen molar-refractivity contribution < 1.29 is 9.18 Å². The predicted octanol–water partition coefficient (Wildman–Crippen LogP) is 3.71. The minimum absolute atomic E-state index is 0.242. The van der Waals surface area contributed by atoms with Gasteiger partial charge in [0.1, 0.15) is 5.82 Å². The SMILES string of the molecule is CCCC(C)(N)C(=O)Nc1nc(-c2ccc(F)cc2)c(C)s1. The van der Waals surface area contributed by atoms with E-state index in [1.54, 1.807) is 19.1 Å². The van der Waals surface area contributed by atoms with Gasteiger partial charge in [0.25, 0.3) is 0 Å². The van der Waals surface area contributed by atoms with Crippen LogP contribution in [0.3, 0.4) is 0 Å². The number of hydrogen-bond acceptors (Lipinski definition) is 4. The van der Waals surface area contributed by atoms with Crippen LogP contribution in [0.1, 0.15) is 31.6 Å². The summed E-state index contributed by atoms with van der Waals surface area (Å²) in [6.07, 6.45) is 1.44. The first kappa shape index (κ1) is 16.6. The van der Waals surface area contributed by atoms with E-state index in [-0.39, 0.29) is 11.7 Å². The highest BCUT2D eigenvalue weighted by atomic mass is 32.1. The molecule has 0 aliphatic rings. The van der Waals surface area contributed by atoms with Gasteiger partial charge in [-0.3, -0.25) is 4.79 Å². The summed E-state index contributed by atoms with van der Waals surface area (Å²) in [4.78, 5) is 17.6. The molecule has 0 aliphatic heterocycles. The first-order valence-corrected chi connectivity index (χ1v) is 7.99. The number of nitrogens with two attached hydrogens (primary N) is 1. The van der Waals surface area contributed by atoms with Crippen molar-refractivity contribution in [2.75, 3.05) is 5.32 Å². The van der Waals surface area contributed by atoms with Gasteiger partial charge in [-0.15, -0.1) is 11.3 Å². The number of aromatic nitrogens is 1. The third-order valence-corrected chi connectivity index (χ3v) is 4.31. The largest absolute Gasteiger partial charge is 0.318 e. The molecule has 1 heterocycles. The van der Waals surface area contributed by atoms with Gasteiger partial charge in [-0.2, -0.15) is 0 Å². The third kappa shape index (κ3) is 3.69. The van der Waals surface area contributed by atoms with E-state index in [1.807, 2.05) is 13.8 Å². The Hall–Kier alpha value is -1.79. The van der Waals surface area contributed by atoms with Crippen molar-refractivity contribution in [1.82, 2.24) is 4.98 Å². The van der Waals surface area contributed by atoms with Crippen molar-refractivity contribution in [3.63, 3.8) is 0 Å². The van der Waals surface area contributed by atoms with Gasteiger partial charge >= 0.3 is 0 Å². The Kier molecular flexibility index (Phi) is 4.93. The number of anilines is 1. The van der Waals surface area contributed by atoms with E-state index >= 15 is 0 Å². The second kappa shape index (κ2) is 6.54. The minimum atomic E-state index is -0.912. The van der Waals surface area contributed by atoms with Crippen LogP contribution < -0.4 is 11.1 Å². The summed E-state index contributed by atoms with van der Waals surface area (Å²) in [6, 6.07) is 6.13. The Morgan fingerprint density at radius 1 is 1.41 bits per heavy atom. The lowest BCUT2D eigenvalue weighted by Crippen LogP contribution is -2.48. The Morgan fingerprint density at radius 2 is 2.05 bits per heavy atom. The van der Waals surface area contributed by atoms with Crippen LogP contribution >= 0.6 is 11.3 Å². The molecule has 6 heteroatoms. The number of benzene rings is 1. The number of carbonyl (C=O) groups is 1. The highest BCUT2D eigenvalue weighted by molar-refractivity contribution is 7.16. The smallest absolute Gasteiger partial charge is 0.245 e. The third-order valence-electron chi connectivity index (χ3n) is 3.42. The molecule has 0 saturated heterocycles. The Balaban J connectivity index is 2.20. The highest BCUT2D eigenvalue weighted by Crippen LogP contribution is 2.30. The molecule has 4 nitrogen and oxygen atoms in total. The van der Waals surface area contributed by atoms with Crippen molar-refractivity contribution in [3.8, 4) is 11.3 Å². The first-order valence-electron chi connectivity index (χ1n) is 7.17. The number of amides is 1. The maximum absolute atomic E-state index is 13.0. The van der Waals surface area contributed by atoms with Gasteiger partial charge in [0.15, 0.2) is 5.13 Å². The van der Waals surface area contributed by atoms with Crippen LogP contribution in [0.15, 0.2) is 24.3 Å². The van der Waals surface area contributed by atoms with Crippen molar-refractivity contribution in [2.45, 2.75) is 39.2 Å². The van der Waals surface area contributed by atoms with Gasteiger partial charge in [-0.1, -0.05) is 13.3 Å². The summed E-state index contributed by atoms with van der Waals surface area (Å²) in [6.45, 7) is 5.62. The van der Waals surface area contributed by atoms with Gasteiger partial charge in [0.2, 0.25) is 5.91 Å². The quantitative estimate of drug-likeness (QED) is 0.882. The lowest BCUT2D eigenvalue weighted by atomic mass is 9.97. The summed E-state index contributed by atoms with van der Waals surface area (Å²) in [5.74, 6) is -0.530. The molecule has 0 spiro atoms. The average molecular weight is 321 g/mol. The highest BCUT2D eigenvalue weighted by Gasteiger charge is 2.28. The van der Waals surface area contributed by atoms with E-state index in [2.05, 4.69) is 10.3 Å². The van der Waals surface area contributed by atoms with Gasteiger partial charge in [0, 0.05) is 10.4 Å². The van der Waals surface area contributed by atoms with Crippen LogP contribution in [0.25, 0.3) is 11.3 Å². The van der Waals surface area contributed by atoms with Gasteiger partial charge in [-0.05, 0) is 44.5 Å². The molecule has 2 rings (SSSR count). The zero-order valence-corrected chi connectivity index (χ0v) is 13.8. The average Bonchev–Trinajstić information content (AvgIpc) is 2.80. The topological polar surface area (TPSA) is 68.0 Å². The minimum Gasteiger partial charge on any atom is -0.318 e. The Bertz CT molecular complexity index is 665. The van der Waals surface area contributed by atoms with Gasteiger partial charge in [-0.25, -0.2) is 9.37 Å². The Morgan fingerprint density at radius 3 is 2.64 bits per heavy atom. The molecule has 1 atom stereocenters. The van der Waals surface area contributed by atoms with Crippen LogP contribution in [0.4, 0.5) is 9.52 Å². The van der Waals surface area contributed by atoms with Crippen LogP contribution in [0.2, 0.25) is 0 Å². The molecule has 1 aromatic carbocycles. The van der Waals surface area contributed by atoms with E-state index in [1.165, 1.54) is 23.5 Å². The summed E-state index contributed by atoms with van der Waals surface area (Å²) >= 11 is 1.38. The molecule has 118 valence electrons. The maximum Gasteiger partial charge on any atom is 0.245 e. The number of thiazole rings is 1. The molecule has 1 amide bonds. The van der Waals surface area contributed by atoms with Gasteiger partial charge < -0.3 is 11.1 Å². The number of nitrogens with one attached hydrogen (secondary N) is 1. The number of rotatable bonds is 5. The molecule has 0 fully saturated rings. The number of carbonyl (C=O) groups excluding carboxylic acids is 1. The van der Waals surface area contributed by atoms with Crippen LogP contribution in [0.5, 0.6) is 0 Å². The molecule has 1 aromatic heterocycles. The molecular formula is C16H20FN3OS. The van der Waals surface area contributed by atoms with Crippen molar-refractivity contribution >= 4 is 22.4 Å². The zero-order valence-electron chi connectivity index (χ0n) is 12.9. The first-order chi connectivity index (χ1) is 10.3. The fraction of sp³-hybridized carbons (Fsp3) is 0.375. The van der Waals surface area contributed by atoms with Crippen molar-refractivity contribution in [2.24, 2.45) is 5.73 Å². The van der Waals surface area contributed by atoms with E-state index in [9.17, 15) is 9.18 Å². The van der Waals surface area contributed by atoms with E-state index in [0.29, 0.717) is 11.6 Å². The number of hydrogen-bond donors (Lipinski definition) is 2. The standard InChI is InChI=1S/C16H20FN3OS/c1-4-9-16(3,18)14(21)20-15-19-13(10(2)22-15)11-5-7-12(17)8-6-11/h5-8H,4,9,18H2,1-3H3,(H,19,20,21). The second-order valence-corrected chi connectivity index (χ2v) is 6.76. The number of nitrogens with zero attached hydrogens (tertiary/aromatic N) is 1. The van der Waals surface area contributed by atoms with Crippen LogP contribution in [-0.4, -0.2) is 16.4 Å². The molecule has 0 bridgehead atoms. The fourth-order valence-electron chi connectivity index (χ4n) is 2.20. The fourth-order valence-corrected chi connectivity index (χ4v) is 3.03. The zero-order chi connectivity index (χ0) is 16.3. The maximum atomic E-state index is 13.0. The molecule has 0 radical (unpaired) electrons. The second-order valence-electron chi connectivity index (χ2n) is 5.55. The van der Waals surface area contributed by atoms with E-state index < -0.39 is 5.54 Å². The lowest BCUT2D eigenvalue weighted by Gasteiger charge is -2.21. The summed E-state index contributed by atoms with van der Waals surface area (Å²) in [7, 11) is 0. The van der Waals surface area contributed by atoms with Crippen LogP contribution in [0, 0.1) is 12.7 Å². The monoisotopic (exact) mass is 321 g/mol. The normalized spacial score (nSPS) is 13.7. The van der Waals surface area contributed by atoms with Crippen LogP contribution in [-0.2, 0) is 4.79 Å². The van der Waals surface area contributed by atoms with Crippen molar-refractivity contribution in [1.29, 1.82) is 0 Å². The van der Waals surface area contributed by atoms with E-state index in [0.717, 1.165) is 22.6 Å². The molecule has 22 heavy (non-hydrogen) atoms. The molecule has 1 unspecified atom stereocenters. The lowest BCUT2D eigenvalue weighted by molar-refractivity contribution is -0.120. The van der Waals surface area contributed by atoms with Gasteiger partial charge in [0.05, 0.1) is 11.2 Å². The molecule has 0 saturated carbocycles. The summed E-state index contributed by atoms with van der Waals surface area (Å²) in [5, 5.41) is 3.29. The number of aryl methyl sites for hydroxylation is 1. The molecule has 2 aromatic rings.